The molecule has 0 aliphatic heterocycles. The molecular formula is C72H144O8SZn. The normalized spacial score (nSPS) is 10.6. The van der Waals surface area contributed by atoms with E-state index in [0.29, 0.717) is 12.8 Å². The second-order valence-electron chi connectivity index (χ2n) is 24.3. The van der Waals surface area contributed by atoms with Gasteiger partial charge in [0.25, 0.3) is 0 Å². The molecule has 0 aromatic heterocycles. The van der Waals surface area contributed by atoms with E-state index in [0.717, 1.165) is 51.4 Å². The smallest absolute Gasteiger partial charge is 0.550 e. The van der Waals surface area contributed by atoms with E-state index in [4.69, 9.17) is 10.2 Å². The topological polar surface area (TPSA) is 155 Å². The molecular weight excluding hydrogens is 1090 g/mol. The fourth-order valence-electron chi connectivity index (χ4n) is 10.6. The summed E-state index contributed by atoms with van der Waals surface area (Å²) < 4.78 is 0. The summed E-state index contributed by atoms with van der Waals surface area (Å²) in [5, 5.41) is 37.5. The van der Waals surface area contributed by atoms with E-state index in [9.17, 15) is 29.4 Å². The van der Waals surface area contributed by atoms with E-state index in [-0.39, 0.29) is 45.8 Å². The fraction of sp³-hybridized carbons (Fsp3) is 0.944. The van der Waals surface area contributed by atoms with Crippen LogP contribution in [0.15, 0.2) is 0 Å². The fourth-order valence-corrected chi connectivity index (χ4v) is 10.6. The Balaban J connectivity index is -0.000000233. The molecule has 0 aromatic rings. The van der Waals surface area contributed by atoms with E-state index < -0.39 is 23.9 Å². The molecule has 0 aliphatic rings. The average molecular weight is 1240 g/mol. The minimum Gasteiger partial charge on any atom is -0.550 e. The Morgan fingerprint density at radius 1 is 0.207 bits per heavy atom. The molecule has 0 amide bonds. The van der Waals surface area contributed by atoms with Crippen LogP contribution < -0.4 is 10.2 Å². The van der Waals surface area contributed by atoms with E-state index in [1.165, 1.54) is 334 Å². The third-order valence-electron chi connectivity index (χ3n) is 16.0. The van der Waals surface area contributed by atoms with Crippen molar-refractivity contribution < 1.29 is 59.1 Å². The van der Waals surface area contributed by atoms with Gasteiger partial charge in [0.2, 0.25) is 0 Å². The van der Waals surface area contributed by atoms with Crippen LogP contribution in [-0.2, 0) is 38.7 Å². The van der Waals surface area contributed by atoms with Crippen molar-refractivity contribution >= 4 is 37.4 Å². The molecule has 0 saturated heterocycles. The molecule has 0 rings (SSSR count). The van der Waals surface area contributed by atoms with Gasteiger partial charge in [-0.1, -0.05) is 387 Å². The Morgan fingerprint density at radius 3 is 0.402 bits per heavy atom. The van der Waals surface area contributed by atoms with Gasteiger partial charge in [0.1, 0.15) is 0 Å². The first-order valence-corrected chi connectivity index (χ1v) is 35.9. The van der Waals surface area contributed by atoms with Gasteiger partial charge in [-0.15, -0.1) is 0 Å². The molecule has 488 valence electrons. The monoisotopic (exact) mass is 1230 g/mol. The van der Waals surface area contributed by atoms with Crippen LogP contribution in [0.2, 0.25) is 0 Å². The van der Waals surface area contributed by atoms with E-state index >= 15 is 0 Å². The van der Waals surface area contributed by atoms with E-state index in [2.05, 4.69) is 27.7 Å². The van der Waals surface area contributed by atoms with E-state index in [1.54, 1.807) is 0 Å². The van der Waals surface area contributed by atoms with Crippen molar-refractivity contribution in [2.24, 2.45) is 0 Å². The summed E-state index contributed by atoms with van der Waals surface area (Å²) in [5.41, 5.74) is 0. The van der Waals surface area contributed by atoms with Crippen LogP contribution in [0.3, 0.4) is 0 Å². The van der Waals surface area contributed by atoms with Gasteiger partial charge in [-0.3, -0.25) is 9.59 Å². The number of hydrogen-bond donors (Lipinski definition) is 2. The Morgan fingerprint density at radius 2 is 0.305 bits per heavy atom. The second-order valence-corrected chi connectivity index (χ2v) is 24.3. The minimum absolute atomic E-state index is 0. The van der Waals surface area contributed by atoms with Gasteiger partial charge in [-0.25, -0.2) is 0 Å². The zero-order chi connectivity index (χ0) is 59.6. The van der Waals surface area contributed by atoms with Gasteiger partial charge in [-0.05, 0) is 38.5 Å². The number of hydrogen-bond acceptors (Lipinski definition) is 6. The summed E-state index contributed by atoms with van der Waals surface area (Å²) in [6.45, 7) is 9.07. The summed E-state index contributed by atoms with van der Waals surface area (Å²) in [7, 11) is 0. The molecule has 0 atom stereocenters. The molecule has 0 spiro atoms. The van der Waals surface area contributed by atoms with Crippen molar-refractivity contribution in [3.8, 4) is 0 Å². The van der Waals surface area contributed by atoms with Crippen molar-refractivity contribution in [1.82, 2.24) is 0 Å². The zero-order valence-electron chi connectivity index (χ0n) is 55.8. The standard InChI is InChI=1S/4C18H36O2.H2S.Zn/c4*1-2-3-4-5-6-7-8-9-10-11-12-13-14-15-16-17-18(19)20;;/h4*2-17H2,1H3,(H,19,20);1H2;/q;;;;;+2/p-2. The number of carboxylic acids is 4. The van der Waals surface area contributed by atoms with Crippen LogP contribution >= 0.6 is 13.5 Å². The number of aliphatic carboxylic acids is 4. The van der Waals surface area contributed by atoms with Crippen LogP contribution in [-0.4, -0.2) is 34.1 Å². The Bertz CT molecular complexity index is 998. The first-order valence-electron chi connectivity index (χ1n) is 35.9. The summed E-state index contributed by atoms with van der Waals surface area (Å²) in [6.07, 6.45) is 80.1. The number of carbonyl (C=O) groups is 4. The number of unbranched alkanes of at least 4 members (excludes halogenated alkanes) is 56. The number of carboxylic acid groups (broad SMARTS) is 4. The predicted octanol–water partition coefficient (Wildman–Crippen LogP) is 22.8. The Hall–Kier alpha value is -1.15. The van der Waals surface area contributed by atoms with Crippen LogP contribution in [0.5, 0.6) is 0 Å². The molecule has 0 unspecified atom stereocenters. The molecule has 0 aromatic carbocycles. The van der Waals surface area contributed by atoms with Crippen molar-refractivity contribution in [3.05, 3.63) is 0 Å². The Kier molecular flexibility index (Phi) is 99.4. The molecule has 0 bridgehead atoms. The van der Waals surface area contributed by atoms with Gasteiger partial charge >= 0.3 is 31.4 Å². The minimum atomic E-state index is -0.903. The first-order chi connectivity index (χ1) is 39.1. The third-order valence-corrected chi connectivity index (χ3v) is 16.0. The quantitative estimate of drug-likeness (QED) is 0.0451. The van der Waals surface area contributed by atoms with Crippen molar-refractivity contribution in [2.45, 2.75) is 439 Å². The predicted molar refractivity (Wildman–Crippen MR) is 354 cm³/mol. The van der Waals surface area contributed by atoms with Gasteiger partial charge in [0.05, 0.1) is 0 Å². The SMILES string of the molecule is CCCCCCCCCCCCCCCCCC(=O)O.CCCCCCCCCCCCCCCCCC(=O)O.CCCCCCCCCCCCCCCCCC(=O)[O-].CCCCCCCCCCCCCCCCCC(=O)[O-].S.[Zn+2]. The van der Waals surface area contributed by atoms with Crippen molar-refractivity contribution in [1.29, 1.82) is 0 Å². The maximum absolute atomic E-state index is 10.3. The molecule has 0 radical (unpaired) electrons. The Labute approximate surface area is 532 Å². The van der Waals surface area contributed by atoms with Crippen LogP contribution in [0, 0.1) is 0 Å². The summed E-state index contributed by atoms with van der Waals surface area (Å²) in [4.78, 5) is 41.1. The van der Waals surface area contributed by atoms with Crippen LogP contribution in [0.25, 0.3) is 0 Å². The molecule has 2 N–H and O–H groups in total. The number of rotatable bonds is 64. The van der Waals surface area contributed by atoms with Crippen molar-refractivity contribution in [2.75, 3.05) is 0 Å². The van der Waals surface area contributed by atoms with E-state index in [1.807, 2.05) is 0 Å². The maximum Gasteiger partial charge on any atom is 2.00 e. The third kappa shape index (κ3) is 107. The summed E-state index contributed by atoms with van der Waals surface area (Å²) in [5.74, 6) is -3.11. The molecule has 0 saturated carbocycles. The summed E-state index contributed by atoms with van der Waals surface area (Å²) in [6, 6.07) is 0. The van der Waals surface area contributed by atoms with Crippen LogP contribution in [0.1, 0.15) is 439 Å². The van der Waals surface area contributed by atoms with Gasteiger partial charge in [-0.2, -0.15) is 13.5 Å². The van der Waals surface area contributed by atoms with Gasteiger partial charge in [0, 0.05) is 24.8 Å². The summed E-state index contributed by atoms with van der Waals surface area (Å²) >= 11 is 0. The van der Waals surface area contributed by atoms with Crippen LogP contribution in [0.4, 0.5) is 0 Å². The molecule has 82 heavy (non-hydrogen) atoms. The maximum atomic E-state index is 10.3. The zero-order valence-corrected chi connectivity index (χ0v) is 59.8. The molecule has 10 heteroatoms. The first kappa shape index (κ1) is 92.0. The van der Waals surface area contributed by atoms with Gasteiger partial charge < -0.3 is 30.0 Å². The van der Waals surface area contributed by atoms with Gasteiger partial charge in [0.15, 0.2) is 0 Å². The second kappa shape index (κ2) is 88.6. The molecule has 0 heterocycles. The molecule has 0 aliphatic carbocycles. The average Bonchev–Trinajstić information content (AvgIpc) is 3.43. The molecule has 8 nitrogen and oxygen atoms in total. The molecule has 0 fully saturated rings. The van der Waals surface area contributed by atoms with Crippen molar-refractivity contribution in [3.63, 3.8) is 0 Å². The number of carbonyl (C=O) groups excluding carboxylic acids is 2. The largest absolute Gasteiger partial charge is 2.00 e.